The van der Waals surface area contributed by atoms with Crippen LogP contribution in [0.25, 0.3) is 0 Å². The molecule has 16 heavy (non-hydrogen) atoms. The average molecular weight is 225 g/mol. The predicted molar refractivity (Wildman–Crippen MR) is 59.4 cm³/mol. The SMILES string of the molecule is COC(CN)CC(=O)NC1CCCC1C#N. The molecule has 5 heteroatoms. The molecule has 0 spiro atoms. The summed E-state index contributed by atoms with van der Waals surface area (Å²) in [6, 6.07) is 2.24. The van der Waals surface area contributed by atoms with E-state index in [1.807, 2.05) is 0 Å². The number of nitrogens with two attached hydrogens (primary N) is 1. The molecule has 1 fully saturated rings. The molecular formula is C11H19N3O2. The van der Waals surface area contributed by atoms with Gasteiger partial charge in [0.1, 0.15) is 0 Å². The van der Waals surface area contributed by atoms with Gasteiger partial charge in [-0.05, 0) is 19.3 Å². The van der Waals surface area contributed by atoms with Gasteiger partial charge in [-0.15, -0.1) is 0 Å². The van der Waals surface area contributed by atoms with Gasteiger partial charge in [0, 0.05) is 19.7 Å². The Morgan fingerprint density at radius 3 is 3.00 bits per heavy atom. The monoisotopic (exact) mass is 225 g/mol. The number of carbonyl (C=O) groups is 1. The van der Waals surface area contributed by atoms with Crippen molar-refractivity contribution in [1.29, 1.82) is 5.26 Å². The third kappa shape index (κ3) is 3.47. The van der Waals surface area contributed by atoms with Crippen molar-refractivity contribution in [3.8, 4) is 6.07 Å². The summed E-state index contributed by atoms with van der Waals surface area (Å²) < 4.78 is 5.04. The second-order valence-corrected chi connectivity index (χ2v) is 4.14. The number of hydrogen-bond acceptors (Lipinski definition) is 4. The van der Waals surface area contributed by atoms with Crippen LogP contribution in [0.3, 0.4) is 0 Å². The molecule has 5 nitrogen and oxygen atoms in total. The summed E-state index contributed by atoms with van der Waals surface area (Å²) >= 11 is 0. The first-order valence-electron chi connectivity index (χ1n) is 5.63. The minimum atomic E-state index is -0.234. The minimum Gasteiger partial charge on any atom is -0.380 e. The Balaban J connectivity index is 2.36. The molecule has 3 N–H and O–H groups in total. The summed E-state index contributed by atoms with van der Waals surface area (Å²) in [6.45, 7) is 0.330. The van der Waals surface area contributed by atoms with E-state index >= 15 is 0 Å². The first kappa shape index (κ1) is 12.9. The molecule has 0 bridgehead atoms. The van der Waals surface area contributed by atoms with Crippen LogP contribution in [0.15, 0.2) is 0 Å². The van der Waals surface area contributed by atoms with E-state index in [9.17, 15) is 4.79 Å². The zero-order chi connectivity index (χ0) is 12.0. The molecule has 0 aromatic rings. The molecule has 3 unspecified atom stereocenters. The Kier molecular flexibility index (Phi) is 5.23. The molecule has 1 rings (SSSR count). The van der Waals surface area contributed by atoms with Crippen LogP contribution in [0.4, 0.5) is 0 Å². The Morgan fingerprint density at radius 1 is 1.69 bits per heavy atom. The second-order valence-electron chi connectivity index (χ2n) is 4.14. The topological polar surface area (TPSA) is 88.1 Å². The molecule has 1 aliphatic rings. The molecule has 0 aliphatic heterocycles. The molecule has 1 aliphatic carbocycles. The van der Waals surface area contributed by atoms with Gasteiger partial charge >= 0.3 is 0 Å². The molecule has 3 atom stereocenters. The van der Waals surface area contributed by atoms with Crippen LogP contribution in [0.2, 0.25) is 0 Å². The number of nitrogens with zero attached hydrogens (tertiary/aromatic N) is 1. The lowest BCUT2D eigenvalue weighted by atomic mass is 10.1. The van der Waals surface area contributed by atoms with Gasteiger partial charge in [0.05, 0.1) is 24.5 Å². The molecular weight excluding hydrogens is 206 g/mol. The van der Waals surface area contributed by atoms with Crippen molar-refractivity contribution in [2.75, 3.05) is 13.7 Å². The van der Waals surface area contributed by atoms with E-state index in [0.29, 0.717) is 6.54 Å². The molecule has 0 radical (unpaired) electrons. The first-order chi connectivity index (χ1) is 7.71. The maximum Gasteiger partial charge on any atom is 0.222 e. The summed E-state index contributed by atoms with van der Waals surface area (Å²) in [7, 11) is 1.54. The van der Waals surface area contributed by atoms with Crippen molar-refractivity contribution < 1.29 is 9.53 Å². The molecule has 0 heterocycles. The number of carbonyl (C=O) groups excluding carboxylic acids is 1. The van der Waals surface area contributed by atoms with Gasteiger partial charge < -0.3 is 15.8 Å². The summed E-state index contributed by atoms with van der Waals surface area (Å²) in [4.78, 5) is 11.6. The molecule has 1 amide bonds. The molecule has 1 saturated carbocycles. The maximum absolute atomic E-state index is 11.6. The third-order valence-electron chi connectivity index (χ3n) is 3.04. The lowest BCUT2D eigenvalue weighted by Crippen LogP contribution is -2.39. The summed E-state index contributed by atoms with van der Waals surface area (Å²) in [5.74, 6) is -0.118. The van der Waals surface area contributed by atoms with Crippen LogP contribution in [0.5, 0.6) is 0 Å². The van der Waals surface area contributed by atoms with Crippen molar-refractivity contribution in [1.82, 2.24) is 5.32 Å². The second kappa shape index (κ2) is 6.46. The summed E-state index contributed by atoms with van der Waals surface area (Å²) in [5.41, 5.74) is 5.44. The van der Waals surface area contributed by atoms with Crippen molar-refractivity contribution >= 4 is 5.91 Å². The van der Waals surface area contributed by atoms with E-state index < -0.39 is 0 Å². The zero-order valence-corrected chi connectivity index (χ0v) is 9.61. The van der Waals surface area contributed by atoms with Crippen LogP contribution in [0, 0.1) is 17.2 Å². The minimum absolute atomic E-state index is 0.00720. The number of nitriles is 1. The highest BCUT2D eigenvalue weighted by atomic mass is 16.5. The lowest BCUT2D eigenvalue weighted by Gasteiger charge is -2.18. The van der Waals surface area contributed by atoms with E-state index in [1.165, 1.54) is 0 Å². The fourth-order valence-electron chi connectivity index (χ4n) is 2.02. The van der Waals surface area contributed by atoms with Gasteiger partial charge in [-0.2, -0.15) is 5.26 Å². The summed E-state index contributed by atoms with van der Waals surface area (Å²) in [6.07, 6.45) is 2.81. The Bertz CT molecular complexity index is 271. The fourth-order valence-corrected chi connectivity index (χ4v) is 2.02. The van der Waals surface area contributed by atoms with Gasteiger partial charge in [0.15, 0.2) is 0 Å². The highest BCUT2D eigenvalue weighted by molar-refractivity contribution is 5.76. The van der Waals surface area contributed by atoms with Gasteiger partial charge in [0.2, 0.25) is 5.91 Å². The first-order valence-corrected chi connectivity index (χ1v) is 5.63. The van der Waals surface area contributed by atoms with Crippen LogP contribution in [-0.2, 0) is 9.53 Å². The van der Waals surface area contributed by atoms with E-state index in [2.05, 4.69) is 11.4 Å². The van der Waals surface area contributed by atoms with E-state index in [0.717, 1.165) is 19.3 Å². The van der Waals surface area contributed by atoms with Crippen LogP contribution in [-0.4, -0.2) is 31.7 Å². The Hall–Kier alpha value is -1.12. The third-order valence-corrected chi connectivity index (χ3v) is 3.04. The summed E-state index contributed by atoms with van der Waals surface area (Å²) in [5, 5.41) is 11.8. The van der Waals surface area contributed by atoms with Crippen LogP contribution in [0.1, 0.15) is 25.7 Å². The van der Waals surface area contributed by atoms with Gasteiger partial charge in [0.25, 0.3) is 0 Å². The van der Waals surface area contributed by atoms with Crippen LogP contribution >= 0.6 is 0 Å². The quantitative estimate of drug-likeness (QED) is 0.697. The smallest absolute Gasteiger partial charge is 0.222 e. The van der Waals surface area contributed by atoms with E-state index in [-0.39, 0.29) is 30.4 Å². The van der Waals surface area contributed by atoms with Gasteiger partial charge in [-0.25, -0.2) is 0 Å². The number of nitrogens with one attached hydrogen (secondary N) is 1. The normalized spacial score (nSPS) is 26.1. The number of rotatable bonds is 5. The van der Waals surface area contributed by atoms with E-state index in [4.69, 9.17) is 15.7 Å². The van der Waals surface area contributed by atoms with E-state index in [1.54, 1.807) is 7.11 Å². The lowest BCUT2D eigenvalue weighted by molar-refractivity contribution is -0.124. The van der Waals surface area contributed by atoms with Crippen molar-refractivity contribution in [2.24, 2.45) is 11.7 Å². The molecule has 0 aromatic heterocycles. The standard InChI is InChI=1S/C11H19N3O2/c1-16-9(7-13)5-11(15)14-10-4-2-3-8(10)6-12/h8-10H,2-5,7,13H2,1H3,(H,14,15). The number of methoxy groups -OCH3 is 1. The molecule has 0 aromatic carbocycles. The number of hydrogen-bond donors (Lipinski definition) is 2. The average Bonchev–Trinajstić information content (AvgIpc) is 2.73. The highest BCUT2D eigenvalue weighted by Crippen LogP contribution is 2.24. The fraction of sp³-hybridized carbons (Fsp3) is 0.818. The van der Waals surface area contributed by atoms with Crippen molar-refractivity contribution in [3.05, 3.63) is 0 Å². The predicted octanol–water partition coefficient (Wildman–Crippen LogP) is 0.159. The van der Waals surface area contributed by atoms with Gasteiger partial charge in [-0.1, -0.05) is 0 Å². The highest BCUT2D eigenvalue weighted by Gasteiger charge is 2.28. The number of ether oxygens (including phenoxy) is 1. The van der Waals surface area contributed by atoms with Crippen LogP contribution < -0.4 is 11.1 Å². The van der Waals surface area contributed by atoms with Crippen molar-refractivity contribution in [3.63, 3.8) is 0 Å². The zero-order valence-electron chi connectivity index (χ0n) is 9.61. The Labute approximate surface area is 95.9 Å². The largest absolute Gasteiger partial charge is 0.380 e. The van der Waals surface area contributed by atoms with Crippen molar-refractivity contribution in [2.45, 2.75) is 37.8 Å². The number of amides is 1. The molecule has 0 saturated heterocycles. The molecule has 90 valence electrons. The Morgan fingerprint density at radius 2 is 2.44 bits per heavy atom. The maximum atomic E-state index is 11.6. The van der Waals surface area contributed by atoms with Gasteiger partial charge in [-0.3, -0.25) is 4.79 Å².